The molecule has 1 aromatic carbocycles. The van der Waals surface area contributed by atoms with Crippen LogP contribution in [0.5, 0.6) is 0 Å². The highest BCUT2D eigenvalue weighted by atomic mass is 35.5. The maximum absolute atomic E-state index is 12.4. The summed E-state index contributed by atoms with van der Waals surface area (Å²) in [6, 6.07) is 6.01. The number of aromatic nitrogens is 2. The molecule has 0 saturated heterocycles. The van der Waals surface area contributed by atoms with Gasteiger partial charge in [-0.2, -0.15) is 9.78 Å². The van der Waals surface area contributed by atoms with Gasteiger partial charge in [-0.15, -0.1) is 0 Å². The van der Waals surface area contributed by atoms with E-state index in [9.17, 15) is 14.7 Å². The van der Waals surface area contributed by atoms with Crippen LogP contribution in [0.4, 0.5) is 5.69 Å². The van der Waals surface area contributed by atoms with Crippen LogP contribution in [-0.2, 0) is 4.74 Å². The number of nitrogens with zero attached hydrogens (tertiary/aromatic N) is 2. The number of carbonyl (C=O) groups is 1. The summed E-state index contributed by atoms with van der Waals surface area (Å²) in [6.07, 6.45) is 2.10. The summed E-state index contributed by atoms with van der Waals surface area (Å²) in [5.41, 5.74) is 0.702. The van der Waals surface area contributed by atoms with E-state index in [4.69, 9.17) is 11.6 Å². The van der Waals surface area contributed by atoms with Crippen molar-refractivity contribution in [2.75, 3.05) is 19.0 Å². The quantitative estimate of drug-likeness (QED) is 0.771. The molecular formula is C16H18ClN3O4. The zero-order valence-corrected chi connectivity index (χ0v) is 14.1. The minimum Gasteiger partial charge on any atom is -0.465 e. The van der Waals surface area contributed by atoms with Crippen molar-refractivity contribution in [2.24, 2.45) is 0 Å². The van der Waals surface area contributed by atoms with Crippen LogP contribution in [0.2, 0.25) is 5.02 Å². The summed E-state index contributed by atoms with van der Waals surface area (Å²) in [6.45, 7) is 1.82. The number of benzene rings is 1. The molecule has 7 nitrogen and oxygen atoms in total. The van der Waals surface area contributed by atoms with Gasteiger partial charge >= 0.3 is 5.97 Å². The number of methoxy groups -OCH3 is 1. The van der Waals surface area contributed by atoms with Gasteiger partial charge in [-0.25, -0.2) is 4.79 Å². The van der Waals surface area contributed by atoms with Gasteiger partial charge in [0.2, 0.25) is 0 Å². The summed E-state index contributed by atoms with van der Waals surface area (Å²) in [5, 5.41) is 16.3. The predicted octanol–water partition coefficient (Wildman–Crippen LogP) is 1.86. The Balaban J connectivity index is 2.34. The molecule has 128 valence electrons. The molecule has 0 spiro atoms. The van der Waals surface area contributed by atoms with Crippen LogP contribution >= 0.6 is 11.6 Å². The van der Waals surface area contributed by atoms with Crippen molar-refractivity contribution in [1.29, 1.82) is 0 Å². The molecule has 8 heteroatoms. The van der Waals surface area contributed by atoms with Crippen molar-refractivity contribution in [3.05, 3.63) is 51.4 Å². The zero-order chi connectivity index (χ0) is 17.7. The van der Waals surface area contributed by atoms with Gasteiger partial charge in [-0.3, -0.25) is 4.79 Å². The second kappa shape index (κ2) is 7.94. The Bertz CT molecular complexity index is 770. The van der Waals surface area contributed by atoms with Gasteiger partial charge in [0.05, 0.1) is 36.9 Å². The predicted molar refractivity (Wildman–Crippen MR) is 91.0 cm³/mol. The van der Waals surface area contributed by atoms with Crippen molar-refractivity contribution in [1.82, 2.24) is 9.78 Å². The highest BCUT2D eigenvalue weighted by Gasteiger charge is 2.14. The van der Waals surface area contributed by atoms with Crippen molar-refractivity contribution in [2.45, 2.75) is 19.4 Å². The molecule has 0 amide bonds. The number of halogens is 1. The summed E-state index contributed by atoms with van der Waals surface area (Å²) >= 11 is 6.12. The largest absolute Gasteiger partial charge is 0.465 e. The fraction of sp³-hybridized carbons (Fsp3) is 0.312. The number of hydrogen-bond acceptors (Lipinski definition) is 6. The van der Waals surface area contributed by atoms with Crippen LogP contribution in [0.3, 0.4) is 0 Å². The first-order valence-corrected chi connectivity index (χ1v) is 7.73. The number of aliphatic hydroxyl groups excluding tert-OH is 1. The number of anilines is 1. The van der Waals surface area contributed by atoms with Crippen molar-refractivity contribution >= 4 is 23.3 Å². The average molecular weight is 352 g/mol. The Morgan fingerprint density at radius 2 is 2.08 bits per heavy atom. The number of ether oxygens (including phenoxy) is 1. The molecular weight excluding hydrogens is 334 g/mol. The maximum Gasteiger partial charge on any atom is 0.337 e. The molecule has 1 aromatic heterocycles. The first-order valence-electron chi connectivity index (χ1n) is 7.35. The number of hydrogen-bond donors (Lipinski definition) is 2. The van der Waals surface area contributed by atoms with Gasteiger partial charge in [0.15, 0.2) is 0 Å². The van der Waals surface area contributed by atoms with Crippen molar-refractivity contribution in [3.8, 4) is 5.69 Å². The van der Waals surface area contributed by atoms with Crippen LogP contribution < -0.4 is 10.9 Å². The van der Waals surface area contributed by atoms with Gasteiger partial charge in [-0.05, 0) is 30.7 Å². The van der Waals surface area contributed by atoms with Crippen molar-refractivity contribution in [3.63, 3.8) is 0 Å². The SMILES string of the molecule is CC[C@H](CO)Nc1cnn(-c2ccc(C(=O)OC)cc2)c(=O)c1Cl. The second-order valence-electron chi connectivity index (χ2n) is 5.06. The van der Waals surface area contributed by atoms with Gasteiger partial charge in [0.1, 0.15) is 5.02 Å². The minimum absolute atomic E-state index is 0.0195. The average Bonchev–Trinajstić information content (AvgIpc) is 2.62. The molecule has 0 aliphatic rings. The number of carbonyl (C=O) groups excluding carboxylic acids is 1. The molecule has 0 radical (unpaired) electrons. The molecule has 1 atom stereocenters. The number of aliphatic hydroxyl groups is 1. The van der Waals surface area contributed by atoms with Crippen LogP contribution in [0, 0.1) is 0 Å². The van der Waals surface area contributed by atoms with Crippen LogP contribution in [-0.4, -0.2) is 40.6 Å². The van der Waals surface area contributed by atoms with Gasteiger partial charge in [0, 0.05) is 6.04 Å². The second-order valence-corrected chi connectivity index (χ2v) is 5.44. The van der Waals surface area contributed by atoms with Crippen LogP contribution in [0.1, 0.15) is 23.7 Å². The van der Waals surface area contributed by atoms with Gasteiger partial charge < -0.3 is 15.2 Å². The topological polar surface area (TPSA) is 93.5 Å². The Morgan fingerprint density at radius 3 is 2.62 bits per heavy atom. The summed E-state index contributed by atoms with van der Waals surface area (Å²) in [4.78, 5) is 23.8. The van der Waals surface area contributed by atoms with E-state index in [2.05, 4.69) is 15.2 Å². The summed E-state index contributed by atoms with van der Waals surface area (Å²) in [7, 11) is 1.30. The molecule has 0 unspecified atom stereocenters. The molecule has 2 N–H and O–H groups in total. The lowest BCUT2D eigenvalue weighted by molar-refractivity contribution is 0.0600. The monoisotopic (exact) mass is 351 g/mol. The normalized spacial score (nSPS) is 11.8. The fourth-order valence-corrected chi connectivity index (χ4v) is 2.25. The molecule has 0 aliphatic heterocycles. The van der Waals surface area contributed by atoms with Crippen molar-refractivity contribution < 1.29 is 14.6 Å². The molecule has 0 aliphatic carbocycles. The molecule has 0 bridgehead atoms. The lowest BCUT2D eigenvalue weighted by Crippen LogP contribution is -2.27. The standard InChI is InChI=1S/C16H18ClN3O4/c1-3-11(9-21)19-13-8-18-20(15(22)14(13)17)12-6-4-10(5-7-12)16(23)24-2/h4-8,11,19,21H,3,9H2,1-2H3/t11-/m1/s1. The Kier molecular flexibility index (Phi) is 5.94. The molecule has 1 heterocycles. The van der Waals surface area contributed by atoms with Gasteiger partial charge in [-0.1, -0.05) is 18.5 Å². The van der Waals surface area contributed by atoms with Gasteiger partial charge in [0.25, 0.3) is 5.56 Å². The number of esters is 1. The molecule has 0 saturated carbocycles. The van der Waals surface area contributed by atoms with E-state index in [1.54, 1.807) is 12.1 Å². The lowest BCUT2D eigenvalue weighted by atomic mass is 10.2. The summed E-state index contributed by atoms with van der Waals surface area (Å²) < 4.78 is 5.76. The first-order chi connectivity index (χ1) is 11.5. The Morgan fingerprint density at radius 1 is 1.42 bits per heavy atom. The van der Waals surface area contributed by atoms with E-state index in [0.717, 1.165) is 4.68 Å². The fourth-order valence-electron chi connectivity index (χ4n) is 2.07. The third kappa shape index (κ3) is 3.74. The third-order valence-corrected chi connectivity index (χ3v) is 3.89. The smallest absolute Gasteiger partial charge is 0.337 e. The number of nitrogens with one attached hydrogen (secondary N) is 1. The van der Waals surface area contributed by atoms with Crippen LogP contribution in [0.15, 0.2) is 35.3 Å². The zero-order valence-electron chi connectivity index (χ0n) is 13.3. The molecule has 2 aromatic rings. The summed E-state index contributed by atoms with van der Waals surface area (Å²) in [5.74, 6) is -0.464. The highest BCUT2D eigenvalue weighted by Crippen LogP contribution is 2.18. The minimum atomic E-state index is -0.500. The van der Waals surface area contributed by atoms with E-state index in [-0.39, 0.29) is 17.7 Å². The third-order valence-electron chi connectivity index (χ3n) is 3.52. The first kappa shape index (κ1) is 18.0. The molecule has 2 rings (SSSR count). The lowest BCUT2D eigenvalue weighted by Gasteiger charge is -2.16. The van der Waals surface area contributed by atoms with E-state index in [1.165, 1.54) is 25.4 Å². The van der Waals surface area contributed by atoms with E-state index < -0.39 is 11.5 Å². The Hall–Kier alpha value is -2.38. The maximum atomic E-state index is 12.4. The van der Waals surface area contributed by atoms with E-state index in [0.29, 0.717) is 23.4 Å². The molecule has 24 heavy (non-hydrogen) atoms. The van der Waals surface area contributed by atoms with Crippen LogP contribution in [0.25, 0.3) is 5.69 Å². The van der Waals surface area contributed by atoms with E-state index >= 15 is 0 Å². The van der Waals surface area contributed by atoms with E-state index in [1.807, 2.05) is 6.92 Å². The molecule has 0 fully saturated rings. The highest BCUT2D eigenvalue weighted by molar-refractivity contribution is 6.33. The number of rotatable bonds is 6. The Labute approximate surface area is 143 Å².